The molecule has 3 heteroatoms. The number of halogens is 1. The Morgan fingerprint density at radius 1 is 1.38 bits per heavy atom. The maximum Gasteiger partial charge on any atom is 0.151 e. The SMILES string of the molecule is Fc1cccc2c1nc1n2CCC1. The van der Waals surface area contributed by atoms with Crippen LogP contribution in [-0.4, -0.2) is 9.55 Å². The summed E-state index contributed by atoms with van der Waals surface area (Å²) >= 11 is 0. The van der Waals surface area contributed by atoms with Crippen LogP contribution in [0.25, 0.3) is 11.0 Å². The third-order valence-corrected chi connectivity index (χ3v) is 2.59. The van der Waals surface area contributed by atoms with Crippen LogP contribution in [-0.2, 0) is 13.0 Å². The fourth-order valence-corrected chi connectivity index (χ4v) is 2.00. The molecule has 0 saturated carbocycles. The van der Waals surface area contributed by atoms with Gasteiger partial charge in [0.15, 0.2) is 5.82 Å². The summed E-state index contributed by atoms with van der Waals surface area (Å²) in [5.74, 6) is 0.819. The summed E-state index contributed by atoms with van der Waals surface area (Å²) in [5.41, 5.74) is 1.46. The molecule has 2 heterocycles. The van der Waals surface area contributed by atoms with Crippen LogP contribution in [0, 0.1) is 5.82 Å². The Morgan fingerprint density at radius 2 is 2.31 bits per heavy atom. The normalized spacial score (nSPS) is 15.2. The molecule has 0 unspecified atom stereocenters. The molecule has 66 valence electrons. The van der Waals surface area contributed by atoms with Crippen molar-refractivity contribution in [3.63, 3.8) is 0 Å². The van der Waals surface area contributed by atoms with E-state index in [0.29, 0.717) is 5.52 Å². The Balaban J connectivity index is 2.44. The molecule has 0 aliphatic carbocycles. The third-order valence-electron chi connectivity index (χ3n) is 2.59. The van der Waals surface area contributed by atoms with E-state index in [4.69, 9.17) is 0 Å². The Labute approximate surface area is 75.0 Å². The predicted molar refractivity (Wildman–Crippen MR) is 48.0 cm³/mol. The van der Waals surface area contributed by atoms with E-state index >= 15 is 0 Å². The quantitative estimate of drug-likeness (QED) is 0.601. The fraction of sp³-hybridized carbons (Fsp3) is 0.300. The van der Waals surface area contributed by atoms with E-state index in [1.165, 1.54) is 6.07 Å². The lowest BCUT2D eigenvalue weighted by Gasteiger charge is -1.96. The minimum atomic E-state index is -0.209. The Bertz CT molecular complexity index is 473. The zero-order chi connectivity index (χ0) is 8.84. The number of aromatic nitrogens is 2. The van der Waals surface area contributed by atoms with Crippen molar-refractivity contribution >= 4 is 11.0 Å². The Morgan fingerprint density at radius 3 is 3.23 bits per heavy atom. The standard InChI is InChI=1S/C10H9FN2/c11-7-3-1-4-8-10(7)12-9-5-2-6-13(8)9/h1,3-4H,2,5-6H2. The largest absolute Gasteiger partial charge is 0.328 e. The topological polar surface area (TPSA) is 17.8 Å². The first-order chi connectivity index (χ1) is 6.36. The highest BCUT2D eigenvalue weighted by Gasteiger charge is 2.17. The van der Waals surface area contributed by atoms with Crippen molar-refractivity contribution in [2.45, 2.75) is 19.4 Å². The molecule has 0 atom stereocenters. The van der Waals surface area contributed by atoms with Gasteiger partial charge >= 0.3 is 0 Å². The molecule has 0 radical (unpaired) electrons. The van der Waals surface area contributed by atoms with Gasteiger partial charge in [-0.15, -0.1) is 0 Å². The van der Waals surface area contributed by atoms with Crippen LogP contribution >= 0.6 is 0 Å². The van der Waals surface area contributed by atoms with Crippen molar-refractivity contribution in [2.75, 3.05) is 0 Å². The number of rotatable bonds is 0. The third kappa shape index (κ3) is 0.842. The number of aryl methyl sites for hydroxylation is 2. The van der Waals surface area contributed by atoms with Gasteiger partial charge in [0.1, 0.15) is 11.3 Å². The second-order valence-electron chi connectivity index (χ2n) is 3.39. The molecule has 3 rings (SSSR count). The molecule has 0 N–H and O–H groups in total. The first-order valence-electron chi connectivity index (χ1n) is 4.50. The van der Waals surface area contributed by atoms with Gasteiger partial charge in [0.05, 0.1) is 5.52 Å². The zero-order valence-corrected chi connectivity index (χ0v) is 7.13. The first-order valence-corrected chi connectivity index (χ1v) is 4.50. The lowest BCUT2D eigenvalue weighted by atomic mass is 10.3. The van der Waals surface area contributed by atoms with Crippen LogP contribution in [0.5, 0.6) is 0 Å². The average Bonchev–Trinajstić information content (AvgIpc) is 2.65. The van der Waals surface area contributed by atoms with Gasteiger partial charge in [-0.1, -0.05) is 6.07 Å². The summed E-state index contributed by atoms with van der Waals surface area (Å²) in [4.78, 5) is 4.28. The highest BCUT2D eigenvalue weighted by Crippen LogP contribution is 2.23. The summed E-state index contributed by atoms with van der Waals surface area (Å²) in [7, 11) is 0. The summed E-state index contributed by atoms with van der Waals surface area (Å²) < 4.78 is 15.4. The summed E-state index contributed by atoms with van der Waals surface area (Å²) in [6.45, 7) is 0.981. The first kappa shape index (κ1) is 7.06. The summed E-state index contributed by atoms with van der Waals surface area (Å²) in [6.07, 6.45) is 2.11. The number of para-hydroxylation sites is 1. The minimum absolute atomic E-state index is 0.209. The van der Waals surface area contributed by atoms with Crippen molar-refractivity contribution in [1.29, 1.82) is 0 Å². The van der Waals surface area contributed by atoms with Crippen LogP contribution in [0.4, 0.5) is 4.39 Å². The molecule has 0 spiro atoms. The van der Waals surface area contributed by atoms with Gasteiger partial charge in [0.2, 0.25) is 0 Å². The van der Waals surface area contributed by atoms with E-state index in [1.54, 1.807) is 6.07 Å². The van der Waals surface area contributed by atoms with Gasteiger partial charge in [-0.2, -0.15) is 0 Å². The lowest BCUT2D eigenvalue weighted by molar-refractivity contribution is 0.636. The number of hydrogen-bond donors (Lipinski definition) is 0. The van der Waals surface area contributed by atoms with Crippen LogP contribution in [0.3, 0.4) is 0 Å². The van der Waals surface area contributed by atoms with Crippen LogP contribution in [0.15, 0.2) is 18.2 Å². The highest BCUT2D eigenvalue weighted by molar-refractivity contribution is 5.76. The van der Waals surface area contributed by atoms with Gasteiger partial charge in [-0.05, 0) is 18.6 Å². The van der Waals surface area contributed by atoms with E-state index in [0.717, 1.165) is 30.7 Å². The van der Waals surface area contributed by atoms with Crippen LogP contribution in [0.1, 0.15) is 12.2 Å². The molecular formula is C10H9FN2. The van der Waals surface area contributed by atoms with E-state index in [9.17, 15) is 4.39 Å². The van der Waals surface area contributed by atoms with Crippen molar-refractivity contribution in [3.05, 3.63) is 29.8 Å². The molecule has 0 saturated heterocycles. The highest BCUT2D eigenvalue weighted by atomic mass is 19.1. The number of imidazole rings is 1. The van der Waals surface area contributed by atoms with Gasteiger partial charge in [0.25, 0.3) is 0 Å². The van der Waals surface area contributed by atoms with Gasteiger partial charge in [-0.25, -0.2) is 9.37 Å². The number of fused-ring (bicyclic) bond motifs is 3. The second kappa shape index (κ2) is 2.31. The van der Waals surface area contributed by atoms with E-state index < -0.39 is 0 Å². The average molecular weight is 176 g/mol. The van der Waals surface area contributed by atoms with Crippen LogP contribution in [0.2, 0.25) is 0 Å². The molecule has 0 fully saturated rings. The lowest BCUT2D eigenvalue weighted by Crippen LogP contribution is -1.90. The predicted octanol–water partition coefficient (Wildman–Crippen LogP) is 2.12. The number of hydrogen-bond acceptors (Lipinski definition) is 1. The fourth-order valence-electron chi connectivity index (χ4n) is 2.00. The maximum atomic E-state index is 13.3. The van der Waals surface area contributed by atoms with Crippen molar-refractivity contribution in [2.24, 2.45) is 0 Å². The van der Waals surface area contributed by atoms with E-state index in [1.807, 2.05) is 6.07 Å². The van der Waals surface area contributed by atoms with Gasteiger partial charge < -0.3 is 4.57 Å². The van der Waals surface area contributed by atoms with E-state index in [2.05, 4.69) is 9.55 Å². The monoisotopic (exact) mass is 176 g/mol. The molecule has 0 amide bonds. The molecule has 13 heavy (non-hydrogen) atoms. The van der Waals surface area contributed by atoms with Crippen molar-refractivity contribution in [3.8, 4) is 0 Å². The van der Waals surface area contributed by atoms with Crippen molar-refractivity contribution < 1.29 is 4.39 Å². The van der Waals surface area contributed by atoms with Crippen LogP contribution < -0.4 is 0 Å². The molecule has 2 aromatic rings. The van der Waals surface area contributed by atoms with Gasteiger partial charge in [-0.3, -0.25) is 0 Å². The molecule has 1 aliphatic rings. The maximum absolute atomic E-state index is 13.3. The van der Waals surface area contributed by atoms with Gasteiger partial charge in [0, 0.05) is 13.0 Å². The Kier molecular flexibility index (Phi) is 1.26. The summed E-state index contributed by atoms with van der Waals surface area (Å²) in [5, 5.41) is 0. The smallest absolute Gasteiger partial charge is 0.151 e. The summed E-state index contributed by atoms with van der Waals surface area (Å²) in [6, 6.07) is 5.14. The van der Waals surface area contributed by atoms with Crippen molar-refractivity contribution in [1.82, 2.24) is 9.55 Å². The second-order valence-corrected chi connectivity index (χ2v) is 3.39. The zero-order valence-electron chi connectivity index (χ0n) is 7.13. The minimum Gasteiger partial charge on any atom is -0.328 e. The molecular weight excluding hydrogens is 167 g/mol. The molecule has 2 nitrogen and oxygen atoms in total. The molecule has 1 aliphatic heterocycles. The number of nitrogens with zero attached hydrogens (tertiary/aromatic N) is 2. The molecule has 1 aromatic carbocycles. The molecule has 0 bridgehead atoms. The van der Waals surface area contributed by atoms with E-state index in [-0.39, 0.29) is 5.82 Å². The Hall–Kier alpha value is -1.38. The molecule has 1 aromatic heterocycles. The number of benzene rings is 1.